The number of rotatable bonds is 5. The van der Waals surface area contributed by atoms with Gasteiger partial charge in [-0.25, -0.2) is 8.42 Å². The molecule has 1 aliphatic rings. The Bertz CT molecular complexity index is 651. The molecule has 1 aromatic rings. The van der Waals surface area contributed by atoms with Crippen LogP contribution in [-0.4, -0.2) is 38.3 Å². The number of aryl methyl sites for hydroxylation is 1. The van der Waals surface area contributed by atoms with Gasteiger partial charge in [-0.2, -0.15) is 4.31 Å². The van der Waals surface area contributed by atoms with Gasteiger partial charge >= 0.3 is 0 Å². The first kappa shape index (κ1) is 17.9. The SMILES string of the molecule is Cc1ccc(NC(=O)CCN)cc1S(=O)(=O)N1CCCCCC1. The van der Waals surface area contributed by atoms with E-state index in [4.69, 9.17) is 5.73 Å². The van der Waals surface area contributed by atoms with Crippen LogP contribution >= 0.6 is 0 Å². The van der Waals surface area contributed by atoms with Gasteiger partial charge in [0, 0.05) is 31.7 Å². The third-order valence-corrected chi connectivity index (χ3v) is 6.07. The number of hydrogen-bond acceptors (Lipinski definition) is 4. The van der Waals surface area contributed by atoms with Crippen LogP contribution in [0.4, 0.5) is 5.69 Å². The van der Waals surface area contributed by atoms with E-state index in [0.29, 0.717) is 24.3 Å². The van der Waals surface area contributed by atoms with Crippen LogP contribution in [0.1, 0.15) is 37.7 Å². The number of nitrogens with one attached hydrogen (secondary N) is 1. The van der Waals surface area contributed by atoms with E-state index in [2.05, 4.69) is 5.32 Å². The first-order valence-corrected chi connectivity index (χ1v) is 9.50. The first-order chi connectivity index (χ1) is 10.9. The molecule has 1 aromatic carbocycles. The molecule has 23 heavy (non-hydrogen) atoms. The number of benzene rings is 1. The molecule has 1 saturated heterocycles. The topological polar surface area (TPSA) is 92.5 Å². The summed E-state index contributed by atoms with van der Waals surface area (Å²) in [6.07, 6.45) is 4.14. The van der Waals surface area contributed by atoms with Crippen molar-refractivity contribution in [2.75, 3.05) is 25.0 Å². The molecule has 0 spiro atoms. The summed E-state index contributed by atoms with van der Waals surface area (Å²) in [5.74, 6) is -0.213. The fraction of sp³-hybridized carbons (Fsp3) is 0.562. The highest BCUT2D eigenvalue weighted by atomic mass is 32.2. The average molecular weight is 339 g/mol. The number of carbonyl (C=O) groups is 1. The van der Waals surface area contributed by atoms with Crippen LogP contribution in [0, 0.1) is 6.92 Å². The summed E-state index contributed by atoms with van der Waals surface area (Å²) in [4.78, 5) is 11.9. The predicted molar refractivity (Wildman–Crippen MR) is 90.7 cm³/mol. The van der Waals surface area contributed by atoms with E-state index in [0.717, 1.165) is 25.7 Å². The van der Waals surface area contributed by atoms with Crippen molar-refractivity contribution in [3.8, 4) is 0 Å². The third kappa shape index (κ3) is 4.53. The number of anilines is 1. The normalized spacial score (nSPS) is 16.8. The number of nitrogens with zero attached hydrogens (tertiary/aromatic N) is 1. The minimum Gasteiger partial charge on any atom is -0.330 e. The van der Waals surface area contributed by atoms with Crippen molar-refractivity contribution in [1.82, 2.24) is 4.31 Å². The maximum absolute atomic E-state index is 12.9. The van der Waals surface area contributed by atoms with Crippen molar-refractivity contribution in [3.63, 3.8) is 0 Å². The third-order valence-electron chi connectivity index (χ3n) is 4.03. The van der Waals surface area contributed by atoms with E-state index >= 15 is 0 Å². The van der Waals surface area contributed by atoms with E-state index in [9.17, 15) is 13.2 Å². The van der Waals surface area contributed by atoms with Gasteiger partial charge in [0.25, 0.3) is 0 Å². The Labute approximate surface area is 138 Å². The monoisotopic (exact) mass is 339 g/mol. The summed E-state index contributed by atoms with van der Waals surface area (Å²) >= 11 is 0. The lowest BCUT2D eigenvalue weighted by Gasteiger charge is -2.21. The molecule has 0 unspecified atom stereocenters. The summed E-state index contributed by atoms with van der Waals surface area (Å²) < 4.78 is 27.4. The van der Waals surface area contributed by atoms with Crippen LogP contribution in [0.5, 0.6) is 0 Å². The number of hydrogen-bond donors (Lipinski definition) is 2. The van der Waals surface area contributed by atoms with Gasteiger partial charge in [0.05, 0.1) is 4.90 Å². The number of amides is 1. The fourth-order valence-corrected chi connectivity index (χ4v) is 4.50. The Morgan fingerprint density at radius 1 is 1.22 bits per heavy atom. The smallest absolute Gasteiger partial charge is 0.243 e. The highest BCUT2D eigenvalue weighted by molar-refractivity contribution is 7.89. The summed E-state index contributed by atoms with van der Waals surface area (Å²) in [5.41, 5.74) is 6.53. The molecule has 6 nitrogen and oxygen atoms in total. The second-order valence-corrected chi connectivity index (χ2v) is 7.79. The zero-order valence-electron chi connectivity index (χ0n) is 13.5. The fourth-order valence-electron chi connectivity index (χ4n) is 2.73. The van der Waals surface area contributed by atoms with Gasteiger partial charge in [-0.1, -0.05) is 18.9 Å². The molecule has 1 heterocycles. The van der Waals surface area contributed by atoms with Crippen molar-refractivity contribution in [1.29, 1.82) is 0 Å². The van der Waals surface area contributed by atoms with E-state index in [-0.39, 0.29) is 23.8 Å². The van der Waals surface area contributed by atoms with E-state index in [1.807, 2.05) is 0 Å². The zero-order chi connectivity index (χ0) is 16.9. The van der Waals surface area contributed by atoms with Crippen molar-refractivity contribution < 1.29 is 13.2 Å². The average Bonchev–Trinajstić information content (AvgIpc) is 2.79. The minimum absolute atomic E-state index is 0.210. The van der Waals surface area contributed by atoms with Gasteiger partial charge in [-0.3, -0.25) is 4.79 Å². The van der Waals surface area contributed by atoms with Gasteiger partial charge in [0.15, 0.2) is 0 Å². The van der Waals surface area contributed by atoms with Crippen molar-refractivity contribution in [2.45, 2.75) is 43.9 Å². The van der Waals surface area contributed by atoms with E-state index in [1.54, 1.807) is 29.4 Å². The molecule has 0 aromatic heterocycles. The summed E-state index contributed by atoms with van der Waals surface area (Å²) in [6, 6.07) is 4.98. The van der Waals surface area contributed by atoms with Gasteiger partial charge in [0.2, 0.25) is 15.9 Å². The maximum Gasteiger partial charge on any atom is 0.243 e. The number of nitrogens with two attached hydrogens (primary N) is 1. The zero-order valence-corrected chi connectivity index (χ0v) is 14.4. The first-order valence-electron chi connectivity index (χ1n) is 8.06. The van der Waals surface area contributed by atoms with Gasteiger partial charge in [-0.05, 0) is 37.5 Å². The molecule has 0 saturated carbocycles. The van der Waals surface area contributed by atoms with Crippen LogP contribution in [0.15, 0.2) is 23.1 Å². The summed E-state index contributed by atoms with van der Waals surface area (Å²) in [7, 11) is -3.53. The second kappa shape index (κ2) is 7.90. The standard InChI is InChI=1S/C16H25N3O3S/c1-13-6-7-14(18-16(20)8-9-17)12-15(13)23(21,22)19-10-4-2-3-5-11-19/h6-7,12H,2-5,8-11,17H2,1H3,(H,18,20). The van der Waals surface area contributed by atoms with E-state index < -0.39 is 10.0 Å². The largest absolute Gasteiger partial charge is 0.330 e. The van der Waals surface area contributed by atoms with E-state index in [1.165, 1.54) is 0 Å². The van der Waals surface area contributed by atoms with Crippen LogP contribution in [0.2, 0.25) is 0 Å². The molecular formula is C16H25N3O3S. The highest BCUT2D eigenvalue weighted by Gasteiger charge is 2.27. The lowest BCUT2D eigenvalue weighted by molar-refractivity contribution is -0.116. The Morgan fingerprint density at radius 3 is 2.48 bits per heavy atom. The van der Waals surface area contributed by atoms with Gasteiger partial charge in [-0.15, -0.1) is 0 Å². The molecule has 0 radical (unpaired) electrons. The van der Waals surface area contributed by atoms with Crippen LogP contribution in [0.25, 0.3) is 0 Å². The molecule has 0 aliphatic carbocycles. The quantitative estimate of drug-likeness (QED) is 0.856. The molecule has 7 heteroatoms. The van der Waals surface area contributed by atoms with Gasteiger partial charge < -0.3 is 11.1 Å². The number of carbonyl (C=O) groups excluding carboxylic acids is 1. The molecule has 3 N–H and O–H groups in total. The van der Waals surface area contributed by atoms with Crippen LogP contribution in [0.3, 0.4) is 0 Å². The lowest BCUT2D eigenvalue weighted by Crippen LogP contribution is -2.32. The summed E-state index contributed by atoms with van der Waals surface area (Å²) in [6.45, 7) is 3.16. The maximum atomic E-state index is 12.9. The molecule has 0 atom stereocenters. The van der Waals surface area contributed by atoms with Crippen molar-refractivity contribution in [2.24, 2.45) is 5.73 Å². The second-order valence-electron chi connectivity index (χ2n) is 5.89. The molecule has 0 bridgehead atoms. The van der Waals surface area contributed by atoms with Crippen molar-refractivity contribution in [3.05, 3.63) is 23.8 Å². The molecular weight excluding hydrogens is 314 g/mol. The highest BCUT2D eigenvalue weighted by Crippen LogP contribution is 2.25. The summed E-state index contributed by atoms with van der Waals surface area (Å²) in [5, 5.41) is 2.70. The Morgan fingerprint density at radius 2 is 1.87 bits per heavy atom. The Hall–Kier alpha value is -1.44. The lowest BCUT2D eigenvalue weighted by atomic mass is 10.2. The van der Waals surface area contributed by atoms with Gasteiger partial charge in [0.1, 0.15) is 0 Å². The minimum atomic E-state index is -3.53. The molecule has 128 valence electrons. The molecule has 1 amide bonds. The molecule has 1 fully saturated rings. The number of sulfonamides is 1. The van der Waals surface area contributed by atoms with Crippen molar-refractivity contribution >= 4 is 21.6 Å². The predicted octanol–water partition coefficient (Wildman–Crippen LogP) is 1.85. The van der Waals surface area contributed by atoms with Crippen LogP contribution in [-0.2, 0) is 14.8 Å². The Balaban J connectivity index is 2.27. The van der Waals surface area contributed by atoms with Crippen LogP contribution < -0.4 is 11.1 Å². The Kier molecular flexibility index (Phi) is 6.15. The molecule has 2 rings (SSSR count). The molecule has 1 aliphatic heterocycles.